The minimum Gasteiger partial charge on any atom is -0.491 e. The average molecular weight is 886 g/mol. The fourth-order valence-corrected chi connectivity index (χ4v) is 10.2. The van der Waals surface area contributed by atoms with Gasteiger partial charge in [0, 0.05) is 19.1 Å². The van der Waals surface area contributed by atoms with Gasteiger partial charge >= 0.3 is 47.6 Å². The SMILES string of the molecule is CO[C@H](/C(C)=C(\C)C(=O)NO)[C@H](O)c1ccc(OCCO[Si](CCC(F)(F)C(F)(F)C(F)(F)C(F)(F)C(F)(F)C(F)(F)C(F)(F)C(F)(F)F)(C(C)C)C(C)C)cc1. The van der Waals surface area contributed by atoms with Crippen molar-refractivity contribution in [1.82, 2.24) is 5.48 Å². The van der Waals surface area contributed by atoms with Gasteiger partial charge in [0.1, 0.15) is 24.6 Å². The Balaban J connectivity index is 3.28. The number of halogens is 17. The second-order valence-electron chi connectivity index (χ2n) is 13.5. The molecule has 0 unspecified atom stereocenters. The van der Waals surface area contributed by atoms with Crippen molar-refractivity contribution in [3.63, 3.8) is 0 Å². The molecule has 1 aromatic rings. The first-order valence-electron chi connectivity index (χ1n) is 16.4. The lowest BCUT2D eigenvalue weighted by Crippen LogP contribution is -2.74. The molecule has 7 nitrogen and oxygen atoms in total. The number of rotatable bonds is 21. The number of carbonyl (C=O) groups is 1. The molecular weight excluding hydrogens is 845 g/mol. The zero-order valence-corrected chi connectivity index (χ0v) is 31.9. The molecule has 25 heteroatoms. The number of ether oxygens (including phenoxy) is 2. The highest BCUT2D eigenvalue weighted by molar-refractivity contribution is 6.76. The maximum Gasteiger partial charge on any atom is 0.460 e. The van der Waals surface area contributed by atoms with Gasteiger partial charge in [-0.15, -0.1) is 0 Å². The number of hydroxylamine groups is 1. The third-order valence-corrected chi connectivity index (χ3v) is 15.2. The summed E-state index contributed by atoms with van der Waals surface area (Å²) in [5, 5.41) is 19.7. The van der Waals surface area contributed by atoms with E-state index < -0.39 is 111 Å². The van der Waals surface area contributed by atoms with Gasteiger partial charge in [0.25, 0.3) is 5.91 Å². The molecule has 0 radical (unpaired) electrons. The molecule has 57 heavy (non-hydrogen) atoms. The van der Waals surface area contributed by atoms with Gasteiger partial charge in [0.2, 0.25) is 0 Å². The molecule has 1 aromatic carbocycles. The van der Waals surface area contributed by atoms with E-state index in [0.29, 0.717) is 0 Å². The zero-order valence-electron chi connectivity index (χ0n) is 30.9. The number of benzene rings is 1. The van der Waals surface area contributed by atoms with Crippen LogP contribution in [0.3, 0.4) is 0 Å². The lowest BCUT2D eigenvalue weighted by Gasteiger charge is -2.44. The van der Waals surface area contributed by atoms with Crippen LogP contribution >= 0.6 is 0 Å². The Morgan fingerprint density at radius 1 is 0.702 bits per heavy atom. The summed E-state index contributed by atoms with van der Waals surface area (Å²) in [4.78, 5) is 11.7. The van der Waals surface area contributed by atoms with Crippen LogP contribution in [-0.2, 0) is 14.0 Å². The van der Waals surface area contributed by atoms with Crippen molar-refractivity contribution in [3.8, 4) is 5.75 Å². The first kappa shape index (κ1) is 52.1. The number of nitrogens with one attached hydrogen (secondary N) is 1. The van der Waals surface area contributed by atoms with Gasteiger partial charge in [-0.25, -0.2) is 5.48 Å². The number of methoxy groups -OCH3 is 1. The Hall–Kier alpha value is -2.90. The Morgan fingerprint density at radius 3 is 1.51 bits per heavy atom. The molecule has 1 amide bonds. The van der Waals surface area contributed by atoms with Crippen LogP contribution in [0.4, 0.5) is 74.6 Å². The van der Waals surface area contributed by atoms with E-state index >= 15 is 0 Å². The Labute approximate surface area is 315 Å². The van der Waals surface area contributed by atoms with Crippen molar-refractivity contribution in [3.05, 3.63) is 41.0 Å². The van der Waals surface area contributed by atoms with E-state index in [4.69, 9.17) is 19.1 Å². The van der Waals surface area contributed by atoms with Gasteiger partial charge in [-0.2, -0.15) is 74.6 Å². The average Bonchev–Trinajstić information content (AvgIpc) is 3.09. The second kappa shape index (κ2) is 17.8. The number of amides is 1. The summed E-state index contributed by atoms with van der Waals surface area (Å²) < 4.78 is 251. The smallest absolute Gasteiger partial charge is 0.460 e. The Kier molecular flexibility index (Phi) is 16.2. The summed E-state index contributed by atoms with van der Waals surface area (Å²) in [7, 11) is -2.74. The number of alkyl halides is 17. The molecule has 0 aliphatic rings. The summed E-state index contributed by atoms with van der Waals surface area (Å²) in [5.74, 6) is -57.5. The quantitative estimate of drug-likeness (QED) is 0.0284. The number of carbonyl (C=O) groups excluding carboxylic acids is 1. The van der Waals surface area contributed by atoms with Crippen LogP contribution in [0.5, 0.6) is 5.75 Å². The van der Waals surface area contributed by atoms with Crippen LogP contribution < -0.4 is 10.2 Å². The van der Waals surface area contributed by atoms with Crippen LogP contribution in [0.15, 0.2) is 35.4 Å². The number of aliphatic hydroxyl groups excluding tert-OH is 1. The molecule has 0 aromatic heterocycles. The first-order valence-corrected chi connectivity index (χ1v) is 18.6. The van der Waals surface area contributed by atoms with Gasteiger partial charge < -0.3 is 19.0 Å². The van der Waals surface area contributed by atoms with Gasteiger partial charge in [-0.3, -0.25) is 10.0 Å². The first-order chi connectivity index (χ1) is 25.4. The van der Waals surface area contributed by atoms with Crippen molar-refractivity contribution in [2.45, 2.75) is 125 Å². The molecule has 0 aliphatic carbocycles. The van der Waals surface area contributed by atoms with Crippen molar-refractivity contribution >= 4 is 14.2 Å². The van der Waals surface area contributed by atoms with Gasteiger partial charge in [0.15, 0.2) is 8.32 Å². The Morgan fingerprint density at radius 2 is 1.12 bits per heavy atom. The van der Waals surface area contributed by atoms with Crippen molar-refractivity contribution in [2.24, 2.45) is 0 Å². The van der Waals surface area contributed by atoms with E-state index in [1.165, 1.54) is 78.4 Å². The zero-order chi connectivity index (χ0) is 45.2. The maximum absolute atomic E-state index is 14.9. The van der Waals surface area contributed by atoms with Gasteiger partial charge in [-0.1, -0.05) is 39.8 Å². The molecule has 2 atom stereocenters. The third kappa shape index (κ3) is 9.45. The summed E-state index contributed by atoms with van der Waals surface area (Å²) in [6.45, 7) is 7.09. The predicted octanol–water partition coefficient (Wildman–Crippen LogP) is 10.1. The van der Waals surface area contributed by atoms with Crippen LogP contribution in [-0.4, -0.2) is 98.6 Å². The molecule has 0 saturated heterocycles. The molecule has 0 fully saturated rings. The van der Waals surface area contributed by atoms with Crippen molar-refractivity contribution in [2.75, 3.05) is 20.3 Å². The van der Waals surface area contributed by atoms with Crippen LogP contribution in [0.25, 0.3) is 0 Å². The van der Waals surface area contributed by atoms with E-state index in [-0.39, 0.29) is 22.5 Å². The minimum absolute atomic E-state index is 0.0349. The summed E-state index contributed by atoms with van der Waals surface area (Å²) in [6, 6.07) is 4.06. The van der Waals surface area contributed by atoms with E-state index in [9.17, 15) is 84.5 Å². The molecule has 0 bridgehead atoms. The van der Waals surface area contributed by atoms with Gasteiger partial charge in [0.05, 0.1) is 6.61 Å². The lowest BCUT2D eigenvalue weighted by molar-refractivity contribution is -0.461. The molecular formula is C32H40F17NO6Si. The highest BCUT2D eigenvalue weighted by atomic mass is 28.4. The molecule has 1 rings (SSSR count). The molecule has 0 heterocycles. The van der Waals surface area contributed by atoms with Gasteiger partial charge in [-0.05, 0) is 54.2 Å². The van der Waals surface area contributed by atoms with Crippen molar-refractivity contribution < 1.29 is 104 Å². The monoisotopic (exact) mass is 885 g/mol. The summed E-state index contributed by atoms with van der Waals surface area (Å²) in [6.07, 6.45) is -12.8. The van der Waals surface area contributed by atoms with Crippen LogP contribution in [0, 0.1) is 0 Å². The second-order valence-corrected chi connectivity index (χ2v) is 18.5. The highest BCUT2D eigenvalue weighted by Gasteiger charge is 2.95. The maximum atomic E-state index is 14.9. The van der Waals surface area contributed by atoms with E-state index in [1.807, 2.05) is 0 Å². The van der Waals surface area contributed by atoms with Crippen molar-refractivity contribution in [1.29, 1.82) is 0 Å². The molecule has 3 N–H and O–H groups in total. The molecule has 0 saturated carbocycles. The Bertz CT molecular complexity index is 1530. The number of aliphatic hydroxyl groups is 1. The third-order valence-electron chi connectivity index (χ3n) is 9.52. The summed E-state index contributed by atoms with van der Waals surface area (Å²) >= 11 is 0. The lowest BCUT2D eigenvalue weighted by atomic mass is 9.88. The minimum atomic E-state index is -8.69. The topological polar surface area (TPSA) is 97.3 Å². The number of hydrogen-bond acceptors (Lipinski definition) is 6. The fraction of sp³-hybridized carbons (Fsp3) is 0.719. The van der Waals surface area contributed by atoms with E-state index in [0.717, 1.165) is 0 Å². The standard InChI is InChI=1S/C32H40F17NO6Si/c1-16(2)57(17(3)4,56-14-13-55-21-10-8-20(9-11-21)22(51)23(54-7)18(5)19(6)24(52)50-53)15-12-25(33,34)26(35,36)27(37,38)28(39,40)29(41,42)30(43,44)31(45,46)32(47,48)49/h8-11,16-17,22-23,51,53H,12-15H2,1-7H3,(H,50,52)/b19-18+/t22-,23-/m1/s1. The fourth-order valence-electron chi connectivity index (χ4n) is 5.70. The van der Waals surface area contributed by atoms with E-state index in [1.54, 1.807) is 0 Å². The highest BCUT2D eigenvalue weighted by Crippen LogP contribution is 2.64. The van der Waals surface area contributed by atoms with Crippen LogP contribution in [0.1, 0.15) is 59.6 Å². The number of hydrogen-bond donors (Lipinski definition) is 3. The predicted molar refractivity (Wildman–Crippen MR) is 168 cm³/mol. The molecule has 0 aliphatic heterocycles. The molecule has 332 valence electrons. The van der Waals surface area contributed by atoms with Crippen LogP contribution in [0.2, 0.25) is 17.1 Å². The molecule has 0 spiro atoms. The normalized spacial score (nSPS) is 16.1. The largest absolute Gasteiger partial charge is 0.491 e. The summed E-state index contributed by atoms with van der Waals surface area (Å²) in [5.41, 5.74) is 0.210. The van der Waals surface area contributed by atoms with E-state index in [2.05, 4.69) is 0 Å².